The SMILES string of the molecule is Cc1ccnc(C(=O)[C@]23Cc4cnn(-c5ccc(F)cc5)c4C=C2CCN(S(=O)(=O)c2c(C)noc2C)C3)c1. The van der Waals surface area contributed by atoms with E-state index in [1.54, 1.807) is 49.1 Å². The first-order chi connectivity index (χ1) is 18.6. The molecule has 0 N–H and O–H groups in total. The van der Waals surface area contributed by atoms with Crippen molar-refractivity contribution < 1.29 is 22.1 Å². The van der Waals surface area contributed by atoms with Crippen molar-refractivity contribution in [1.29, 1.82) is 0 Å². The Labute approximate surface area is 225 Å². The number of sulfonamides is 1. The number of Topliss-reactive ketones (excluding diaryl/α,β-unsaturated/α-hetero) is 1. The van der Waals surface area contributed by atoms with Crippen molar-refractivity contribution in [1.82, 2.24) is 24.2 Å². The van der Waals surface area contributed by atoms with Crippen LogP contribution in [0, 0.1) is 32.0 Å². The molecule has 2 aliphatic rings. The van der Waals surface area contributed by atoms with Gasteiger partial charge in [-0.3, -0.25) is 9.78 Å². The zero-order chi connectivity index (χ0) is 27.5. The van der Waals surface area contributed by atoms with E-state index < -0.39 is 15.4 Å². The summed E-state index contributed by atoms with van der Waals surface area (Å²) in [6.07, 6.45) is 5.80. The molecule has 0 spiro atoms. The summed E-state index contributed by atoms with van der Waals surface area (Å²) in [5.74, 6) is -0.377. The molecule has 39 heavy (non-hydrogen) atoms. The van der Waals surface area contributed by atoms with Gasteiger partial charge in [-0.1, -0.05) is 10.7 Å². The van der Waals surface area contributed by atoms with Crippen molar-refractivity contribution in [2.24, 2.45) is 5.41 Å². The van der Waals surface area contributed by atoms with Gasteiger partial charge in [0.1, 0.15) is 22.1 Å². The number of benzene rings is 1. The van der Waals surface area contributed by atoms with Gasteiger partial charge in [0.25, 0.3) is 0 Å². The molecule has 4 aromatic rings. The Morgan fingerprint density at radius 2 is 1.90 bits per heavy atom. The predicted molar refractivity (Wildman–Crippen MR) is 140 cm³/mol. The third kappa shape index (κ3) is 4.04. The quantitative estimate of drug-likeness (QED) is 0.344. The van der Waals surface area contributed by atoms with Crippen LogP contribution in [0.4, 0.5) is 4.39 Å². The molecule has 4 heterocycles. The minimum atomic E-state index is -3.99. The fourth-order valence-electron chi connectivity index (χ4n) is 5.69. The molecule has 1 aliphatic carbocycles. The lowest BCUT2D eigenvalue weighted by Crippen LogP contribution is -2.53. The molecule has 0 bridgehead atoms. The minimum absolute atomic E-state index is 0.0341. The Morgan fingerprint density at radius 3 is 2.59 bits per heavy atom. The van der Waals surface area contributed by atoms with Gasteiger partial charge in [-0.2, -0.15) is 9.40 Å². The molecule has 1 fully saturated rings. The summed E-state index contributed by atoms with van der Waals surface area (Å²) in [7, 11) is -3.99. The normalized spacial score (nSPS) is 19.3. The van der Waals surface area contributed by atoms with Crippen LogP contribution in [0.25, 0.3) is 11.8 Å². The van der Waals surface area contributed by atoms with E-state index in [-0.39, 0.29) is 53.2 Å². The zero-order valence-electron chi connectivity index (χ0n) is 21.7. The third-order valence-electron chi connectivity index (χ3n) is 7.60. The van der Waals surface area contributed by atoms with Crippen LogP contribution in [-0.4, -0.2) is 51.5 Å². The number of nitrogens with zero attached hydrogens (tertiary/aromatic N) is 5. The lowest BCUT2D eigenvalue weighted by Gasteiger charge is -2.44. The molecule has 6 rings (SSSR count). The molecule has 0 unspecified atom stereocenters. The van der Waals surface area contributed by atoms with Crippen LogP contribution in [-0.2, 0) is 16.4 Å². The van der Waals surface area contributed by atoms with Crippen molar-refractivity contribution in [3.05, 3.63) is 94.2 Å². The number of carbonyl (C=O) groups is 1. The largest absolute Gasteiger partial charge is 0.360 e. The third-order valence-corrected chi connectivity index (χ3v) is 9.69. The molecule has 1 saturated heterocycles. The lowest BCUT2D eigenvalue weighted by molar-refractivity contribution is 0.0770. The molecule has 0 amide bonds. The molecule has 9 nitrogen and oxygen atoms in total. The summed E-state index contributed by atoms with van der Waals surface area (Å²) in [5, 5.41) is 8.37. The number of carbonyl (C=O) groups excluding carboxylic acids is 1. The topological polar surface area (TPSA) is 111 Å². The van der Waals surface area contributed by atoms with Crippen molar-refractivity contribution in [3.8, 4) is 5.69 Å². The molecule has 11 heteroatoms. The predicted octanol–water partition coefficient (Wildman–Crippen LogP) is 4.22. The fourth-order valence-corrected chi connectivity index (χ4v) is 7.48. The van der Waals surface area contributed by atoms with Crippen molar-refractivity contribution in [3.63, 3.8) is 0 Å². The highest BCUT2D eigenvalue weighted by Gasteiger charge is 2.52. The van der Waals surface area contributed by atoms with Crippen molar-refractivity contribution in [2.75, 3.05) is 13.1 Å². The average molecular weight is 548 g/mol. The van der Waals surface area contributed by atoms with Crippen LogP contribution >= 0.6 is 0 Å². The standard InChI is InChI=1S/C28H26FN5O4S/c1-17-8-10-30-24(12-17)27(35)28-14-20-15-31-34(23-6-4-22(29)5-7-23)25(20)13-21(28)9-11-33(16-28)39(36,37)26-18(2)32-38-19(26)3/h4-8,10,12-13,15H,9,11,14,16H2,1-3H3/t28-/m0/s1. The monoisotopic (exact) mass is 547 g/mol. The molecule has 1 aliphatic heterocycles. The number of aryl methyl sites for hydroxylation is 3. The van der Waals surface area contributed by atoms with E-state index in [2.05, 4.69) is 15.2 Å². The number of ketones is 1. The summed E-state index contributed by atoms with van der Waals surface area (Å²) in [6, 6.07) is 9.57. The van der Waals surface area contributed by atoms with Gasteiger partial charge in [0.05, 0.1) is 23.0 Å². The second-order valence-electron chi connectivity index (χ2n) is 10.2. The molecule has 1 aromatic carbocycles. The number of halogens is 1. The van der Waals surface area contributed by atoms with Gasteiger partial charge in [0, 0.05) is 19.3 Å². The lowest BCUT2D eigenvalue weighted by atomic mass is 9.65. The number of rotatable bonds is 5. The number of piperidine rings is 1. The molecular weight excluding hydrogens is 521 g/mol. The Bertz CT molecular complexity index is 1740. The fraction of sp³-hybridized carbons (Fsp3) is 0.286. The first-order valence-corrected chi connectivity index (χ1v) is 14.0. The summed E-state index contributed by atoms with van der Waals surface area (Å²) < 4.78 is 49.4. The van der Waals surface area contributed by atoms with Gasteiger partial charge >= 0.3 is 0 Å². The summed E-state index contributed by atoms with van der Waals surface area (Å²) in [6.45, 7) is 5.17. The summed E-state index contributed by atoms with van der Waals surface area (Å²) >= 11 is 0. The highest BCUT2D eigenvalue weighted by Crippen LogP contribution is 2.47. The van der Waals surface area contributed by atoms with Gasteiger partial charge in [0.2, 0.25) is 10.0 Å². The van der Waals surface area contributed by atoms with Gasteiger partial charge in [-0.05, 0) is 87.2 Å². The number of fused-ring (bicyclic) bond motifs is 2. The molecule has 0 radical (unpaired) electrons. The van der Waals surface area contributed by atoms with Gasteiger partial charge in [-0.15, -0.1) is 0 Å². The molecule has 1 atom stereocenters. The van der Waals surface area contributed by atoms with Gasteiger partial charge in [-0.25, -0.2) is 17.5 Å². The maximum Gasteiger partial charge on any atom is 0.248 e. The molecule has 200 valence electrons. The van der Waals surface area contributed by atoms with E-state index in [4.69, 9.17) is 4.52 Å². The van der Waals surface area contributed by atoms with E-state index in [0.29, 0.717) is 12.1 Å². The second-order valence-corrected chi connectivity index (χ2v) is 12.0. The second kappa shape index (κ2) is 9.06. The number of hydrogen-bond donors (Lipinski definition) is 0. The summed E-state index contributed by atoms with van der Waals surface area (Å²) in [4.78, 5) is 18.7. The van der Waals surface area contributed by atoms with Crippen LogP contribution in [0.2, 0.25) is 0 Å². The van der Waals surface area contributed by atoms with Crippen molar-refractivity contribution >= 4 is 21.9 Å². The highest BCUT2D eigenvalue weighted by molar-refractivity contribution is 7.89. The number of pyridine rings is 1. The van der Waals surface area contributed by atoms with Crippen LogP contribution in [0.15, 0.2) is 63.8 Å². The highest BCUT2D eigenvalue weighted by atomic mass is 32.2. The van der Waals surface area contributed by atoms with E-state index >= 15 is 0 Å². The molecule has 3 aromatic heterocycles. The molecular formula is C28H26FN5O4S. The Hall–Kier alpha value is -3.96. The Kier molecular flexibility index (Phi) is 5.88. The van der Waals surface area contributed by atoms with Gasteiger partial charge in [0.15, 0.2) is 11.5 Å². The maximum absolute atomic E-state index is 14.3. The van der Waals surface area contributed by atoms with E-state index in [9.17, 15) is 17.6 Å². The summed E-state index contributed by atoms with van der Waals surface area (Å²) in [5.41, 5.74) is 3.36. The molecule has 0 saturated carbocycles. The van der Waals surface area contributed by atoms with Gasteiger partial charge < -0.3 is 4.52 Å². The van der Waals surface area contributed by atoms with E-state index in [1.165, 1.54) is 16.4 Å². The first kappa shape index (κ1) is 25.3. The van der Waals surface area contributed by atoms with E-state index in [0.717, 1.165) is 22.4 Å². The average Bonchev–Trinajstić information content (AvgIpc) is 3.48. The zero-order valence-corrected chi connectivity index (χ0v) is 22.5. The Balaban J connectivity index is 1.47. The Morgan fingerprint density at radius 1 is 1.13 bits per heavy atom. The number of aromatic nitrogens is 4. The smallest absolute Gasteiger partial charge is 0.248 e. The van der Waals surface area contributed by atoms with Crippen LogP contribution in [0.5, 0.6) is 0 Å². The minimum Gasteiger partial charge on any atom is -0.360 e. The van der Waals surface area contributed by atoms with E-state index in [1.807, 2.05) is 19.1 Å². The van der Waals surface area contributed by atoms with Crippen LogP contribution in [0.1, 0.15) is 45.2 Å². The van der Waals surface area contributed by atoms with Crippen LogP contribution < -0.4 is 0 Å². The van der Waals surface area contributed by atoms with Crippen molar-refractivity contribution in [2.45, 2.75) is 38.5 Å². The van der Waals surface area contributed by atoms with Crippen LogP contribution in [0.3, 0.4) is 0 Å². The number of hydrogen-bond acceptors (Lipinski definition) is 7. The maximum atomic E-state index is 14.3. The first-order valence-electron chi connectivity index (χ1n) is 12.5.